The predicted molar refractivity (Wildman–Crippen MR) is 57.1 cm³/mol. The van der Waals surface area contributed by atoms with Crippen molar-refractivity contribution in [1.29, 1.82) is 5.26 Å². The largest absolute Gasteiger partial charge is 0.360 e. The highest BCUT2D eigenvalue weighted by Crippen LogP contribution is 2.15. The summed E-state index contributed by atoms with van der Waals surface area (Å²) in [6.07, 6.45) is 2.94. The number of sulfone groups is 1. The van der Waals surface area contributed by atoms with Gasteiger partial charge in [-0.2, -0.15) is 10.4 Å². The van der Waals surface area contributed by atoms with Gasteiger partial charge in [-0.1, -0.05) is 0 Å². The van der Waals surface area contributed by atoms with Gasteiger partial charge in [0.2, 0.25) is 0 Å². The molecule has 0 spiro atoms. The van der Waals surface area contributed by atoms with Crippen LogP contribution in [0.2, 0.25) is 0 Å². The molecule has 0 fully saturated rings. The lowest BCUT2D eigenvalue weighted by molar-refractivity contribution is 0.605. The molecule has 1 aromatic rings. The fourth-order valence-electron chi connectivity index (χ4n) is 1.37. The van der Waals surface area contributed by atoms with E-state index in [1.807, 2.05) is 6.07 Å². The minimum Gasteiger partial charge on any atom is -0.360 e. The Kier molecular flexibility index (Phi) is 2.58. The van der Waals surface area contributed by atoms with Crippen LogP contribution in [0.1, 0.15) is 5.56 Å². The van der Waals surface area contributed by atoms with Crippen LogP contribution in [0.4, 0.5) is 5.82 Å². The summed E-state index contributed by atoms with van der Waals surface area (Å²) < 4.78 is 22.3. The lowest BCUT2D eigenvalue weighted by Gasteiger charge is -2.10. The maximum absolute atomic E-state index is 11.2. The fourth-order valence-corrected chi connectivity index (χ4v) is 2.61. The molecule has 0 amide bonds. The smallest absolute Gasteiger partial charge is 0.173 e. The first-order valence-electron chi connectivity index (χ1n) is 4.50. The summed E-state index contributed by atoms with van der Waals surface area (Å²) in [6.45, 7) is 0. The first-order valence-corrected chi connectivity index (χ1v) is 6.21. The van der Waals surface area contributed by atoms with Crippen LogP contribution in [0.5, 0.6) is 0 Å². The zero-order chi connectivity index (χ0) is 11.6. The monoisotopic (exact) mass is 236 g/mol. The molecule has 1 N–H and O–H groups in total. The van der Waals surface area contributed by atoms with E-state index in [1.165, 1.54) is 18.3 Å². The molecule has 16 heavy (non-hydrogen) atoms. The molecular weight excluding hydrogens is 228 g/mol. The van der Waals surface area contributed by atoms with E-state index in [9.17, 15) is 8.42 Å². The first-order chi connectivity index (χ1) is 7.61. The quantitative estimate of drug-likeness (QED) is 0.780. The number of hydrogen-bond acceptors (Lipinski definition) is 6. The van der Waals surface area contributed by atoms with Crippen LogP contribution < -0.4 is 5.32 Å². The van der Waals surface area contributed by atoms with E-state index in [1.54, 1.807) is 0 Å². The van der Waals surface area contributed by atoms with Crippen molar-refractivity contribution in [3.63, 3.8) is 0 Å². The average molecular weight is 236 g/mol. The van der Waals surface area contributed by atoms with Gasteiger partial charge in [0, 0.05) is 5.41 Å². The van der Waals surface area contributed by atoms with E-state index in [2.05, 4.69) is 15.5 Å². The zero-order valence-corrected chi connectivity index (χ0v) is 8.98. The molecule has 1 atom stereocenters. The van der Waals surface area contributed by atoms with Crippen molar-refractivity contribution in [3.8, 4) is 6.07 Å². The van der Waals surface area contributed by atoms with Crippen molar-refractivity contribution in [1.82, 2.24) is 10.2 Å². The van der Waals surface area contributed by atoms with Gasteiger partial charge >= 0.3 is 0 Å². The molecule has 0 saturated heterocycles. The van der Waals surface area contributed by atoms with Gasteiger partial charge < -0.3 is 5.32 Å². The highest BCUT2D eigenvalue weighted by molar-refractivity contribution is 7.94. The van der Waals surface area contributed by atoms with Gasteiger partial charge in [-0.3, -0.25) is 0 Å². The molecular formula is C9H8N4O2S. The molecule has 0 bridgehead atoms. The van der Waals surface area contributed by atoms with E-state index in [4.69, 9.17) is 5.26 Å². The Balaban J connectivity index is 2.18. The van der Waals surface area contributed by atoms with Crippen LogP contribution in [-0.2, 0) is 9.84 Å². The van der Waals surface area contributed by atoms with Gasteiger partial charge in [-0.15, -0.1) is 5.10 Å². The summed E-state index contributed by atoms with van der Waals surface area (Å²) >= 11 is 0. The summed E-state index contributed by atoms with van der Waals surface area (Å²) in [5, 5.41) is 20.2. The molecule has 6 nitrogen and oxygen atoms in total. The highest BCUT2D eigenvalue weighted by Gasteiger charge is 2.22. The lowest BCUT2D eigenvalue weighted by atomic mass is 10.2. The molecule has 1 aromatic heterocycles. The van der Waals surface area contributed by atoms with Crippen molar-refractivity contribution in [2.75, 3.05) is 11.1 Å². The minimum atomic E-state index is -3.11. The Bertz CT molecular complexity index is 573. The maximum atomic E-state index is 11.2. The lowest BCUT2D eigenvalue weighted by Crippen LogP contribution is -2.22. The topological polar surface area (TPSA) is 95.7 Å². The van der Waals surface area contributed by atoms with Gasteiger partial charge in [0.25, 0.3) is 0 Å². The molecule has 0 aromatic carbocycles. The van der Waals surface area contributed by atoms with E-state index in [0.717, 1.165) is 5.41 Å². The standard InChI is InChI=1S/C9H8N4O2S/c10-5-7-1-3-11-13-9(7)12-8-2-4-16(14,15)6-8/h1-4,8H,6H2,(H,12,13). The third kappa shape index (κ3) is 2.17. The molecule has 7 heteroatoms. The number of aromatic nitrogens is 2. The maximum Gasteiger partial charge on any atom is 0.173 e. The highest BCUT2D eigenvalue weighted by atomic mass is 32.2. The van der Waals surface area contributed by atoms with Crippen molar-refractivity contribution in [2.45, 2.75) is 6.04 Å². The Hall–Kier alpha value is -1.94. The second-order valence-corrected chi connectivity index (χ2v) is 5.25. The molecule has 0 radical (unpaired) electrons. The molecule has 0 saturated carbocycles. The Morgan fingerprint density at radius 3 is 3.00 bits per heavy atom. The molecule has 1 unspecified atom stereocenters. The summed E-state index contributed by atoms with van der Waals surface area (Å²) in [5.41, 5.74) is 0.340. The van der Waals surface area contributed by atoms with E-state index < -0.39 is 9.84 Å². The summed E-state index contributed by atoms with van der Waals surface area (Å²) in [6, 6.07) is 3.12. The van der Waals surface area contributed by atoms with E-state index >= 15 is 0 Å². The number of nitriles is 1. The van der Waals surface area contributed by atoms with Gasteiger partial charge in [0.15, 0.2) is 15.7 Å². The van der Waals surface area contributed by atoms with E-state index in [-0.39, 0.29) is 11.8 Å². The molecule has 1 aliphatic rings. The van der Waals surface area contributed by atoms with Crippen molar-refractivity contribution < 1.29 is 8.42 Å². The summed E-state index contributed by atoms with van der Waals surface area (Å²) in [7, 11) is -3.11. The van der Waals surface area contributed by atoms with Crippen LogP contribution in [0.3, 0.4) is 0 Å². The number of rotatable bonds is 2. The Labute approximate surface area is 92.5 Å². The average Bonchev–Trinajstić information content (AvgIpc) is 2.59. The zero-order valence-electron chi connectivity index (χ0n) is 8.16. The number of nitrogens with one attached hydrogen (secondary N) is 1. The molecule has 0 aliphatic carbocycles. The van der Waals surface area contributed by atoms with Gasteiger partial charge in [-0.05, 0) is 12.1 Å². The first kappa shape index (κ1) is 10.6. The van der Waals surface area contributed by atoms with Crippen molar-refractivity contribution in [2.24, 2.45) is 0 Å². The number of nitrogens with zero attached hydrogens (tertiary/aromatic N) is 3. The predicted octanol–water partition coefficient (Wildman–Crippen LogP) is 0.0709. The van der Waals surface area contributed by atoms with Gasteiger partial charge in [0.1, 0.15) is 6.07 Å². The second-order valence-electron chi connectivity index (χ2n) is 3.31. The minimum absolute atomic E-state index is 0.0194. The Morgan fingerprint density at radius 2 is 2.38 bits per heavy atom. The third-order valence-electron chi connectivity index (χ3n) is 2.09. The van der Waals surface area contributed by atoms with E-state index in [0.29, 0.717) is 11.4 Å². The van der Waals surface area contributed by atoms with Crippen LogP contribution in [0, 0.1) is 11.3 Å². The van der Waals surface area contributed by atoms with Crippen LogP contribution in [-0.4, -0.2) is 30.4 Å². The molecule has 1 aliphatic heterocycles. The van der Waals surface area contributed by atoms with Crippen LogP contribution in [0.25, 0.3) is 0 Å². The normalized spacial score (nSPS) is 21.6. The Morgan fingerprint density at radius 1 is 1.56 bits per heavy atom. The summed E-state index contributed by atoms with van der Waals surface area (Å²) in [5.74, 6) is 0.283. The fraction of sp³-hybridized carbons (Fsp3) is 0.222. The molecule has 2 heterocycles. The van der Waals surface area contributed by atoms with Crippen LogP contribution in [0.15, 0.2) is 23.7 Å². The van der Waals surface area contributed by atoms with Crippen molar-refractivity contribution >= 4 is 15.7 Å². The molecule has 82 valence electrons. The number of anilines is 1. The SMILES string of the molecule is N#Cc1ccnnc1NC1C=CS(=O)(=O)C1. The number of hydrogen-bond donors (Lipinski definition) is 1. The van der Waals surface area contributed by atoms with Gasteiger partial charge in [-0.25, -0.2) is 8.42 Å². The van der Waals surface area contributed by atoms with Gasteiger partial charge in [0.05, 0.1) is 23.6 Å². The van der Waals surface area contributed by atoms with Crippen molar-refractivity contribution in [3.05, 3.63) is 29.3 Å². The summed E-state index contributed by atoms with van der Waals surface area (Å²) in [4.78, 5) is 0. The molecule has 2 rings (SSSR count). The van der Waals surface area contributed by atoms with Crippen LogP contribution >= 0.6 is 0 Å². The third-order valence-corrected chi connectivity index (χ3v) is 3.49. The second kappa shape index (κ2) is 3.90.